The van der Waals surface area contributed by atoms with E-state index in [1.54, 1.807) is 19.1 Å². The summed E-state index contributed by atoms with van der Waals surface area (Å²) in [6.07, 6.45) is 7.39. The molecule has 0 spiro atoms. The van der Waals surface area contributed by atoms with Gasteiger partial charge in [-0.2, -0.15) is 5.06 Å². The standard InChI is InChI=1S/C44H62N4O6/c1-26-17-18-30(20-35(26)42(51)45-33(24-47(6)7)19-29-13-10-9-11-14-29)34-16-12-15-31(41(34)53-8)23-48-40(39(28(3)50)38(25-49)54-48)43(52)46-37-22-32-21-36(27(37)2)44(32,4)5/h9-18,20,26-28,32-33,35-40,49-50H,19,21-25H2,1-8H3,(H,45,51)(H,46,52)/t26?,27-,28-,32+,33-,35?,36-,37-,38-,39+,40-/m0/s1. The van der Waals surface area contributed by atoms with E-state index in [9.17, 15) is 19.8 Å². The predicted molar refractivity (Wildman–Crippen MR) is 211 cm³/mol. The minimum atomic E-state index is -0.889. The first-order valence-electron chi connectivity index (χ1n) is 19.8. The normalized spacial score (nSPS) is 31.3. The Labute approximate surface area is 321 Å². The summed E-state index contributed by atoms with van der Waals surface area (Å²) >= 11 is 0. The Morgan fingerprint density at radius 3 is 2.44 bits per heavy atom. The zero-order valence-electron chi connectivity index (χ0n) is 33.4. The fourth-order valence-corrected chi connectivity index (χ4v) is 9.90. The highest BCUT2D eigenvalue weighted by Crippen LogP contribution is 2.61. The maximum absolute atomic E-state index is 14.2. The van der Waals surface area contributed by atoms with Crippen molar-refractivity contribution in [2.24, 2.45) is 40.9 Å². The molecule has 0 radical (unpaired) electrons. The van der Waals surface area contributed by atoms with Crippen molar-refractivity contribution in [2.45, 2.75) is 90.8 Å². The summed E-state index contributed by atoms with van der Waals surface area (Å²) < 4.78 is 6.07. The first-order valence-corrected chi connectivity index (χ1v) is 19.8. The lowest BCUT2D eigenvalue weighted by molar-refractivity contribution is -0.183. The van der Waals surface area contributed by atoms with Crippen LogP contribution < -0.4 is 15.4 Å². The van der Waals surface area contributed by atoms with Gasteiger partial charge in [-0.25, -0.2) is 0 Å². The molecular weight excluding hydrogens is 681 g/mol. The van der Waals surface area contributed by atoms with E-state index >= 15 is 0 Å². The van der Waals surface area contributed by atoms with Crippen LogP contribution in [0, 0.1) is 40.9 Å². The fourth-order valence-electron chi connectivity index (χ4n) is 9.90. The van der Waals surface area contributed by atoms with Crippen molar-refractivity contribution in [2.75, 3.05) is 34.4 Å². The number of para-hydroxylation sites is 1. The third kappa shape index (κ3) is 8.19. The van der Waals surface area contributed by atoms with E-state index in [0.29, 0.717) is 30.0 Å². The number of methoxy groups -OCH3 is 1. The summed E-state index contributed by atoms with van der Waals surface area (Å²) in [5.74, 6) is 0.868. The van der Waals surface area contributed by atoms with Crippen LogP contribution in [0.25, 0.3) is 5.57 Å². The molecule has 4 N–H and O–H groups in total. The second-order valence-electron chi connectivity index (χ2n) is 17.3. The lowest BCUT2D eigenvalue weighted by atomic mass is 9.45. The van der Waals surface area contributed by atoms with Crippen molar-refractivity contribution in [1.29, 1.82) is 0 Å². The van der Waals surface area contributed by atoms with Gasteiger partial charge in [-0.3, -0.25) is 14.4 Å². The van der Waals surface area contributed by atoms with Crippen molar-refractivity contribution < 1.29 is 29.4 Å². The van der Waals surface area contributed by atoms with Crippen LogP contribution in [-0.2, 0) is 27.4 Å². The molecule has 5 aliphatic rings. The van der Waals surface area contributed by atoms with Crippen molar-refractivity contribution in [1.82, 2.24) is 20.6 Å². The third-order valence-corrected chi connectivity index (χ3v) is 13.1. The van der Waals surface area contributed by atoms with Crippen molar-refractivity contribution >= 4 is 17.4 Å². The Kier molecular flexibility index (Phi) is 12.4. The molecule has 1 saturated heterocycles. The average Bonchev–Trinajstić information content (AvgIpc) is 3.51. The summed E-state index contributed by atoms with van der Waals surface area (Å²) in [4.78, 5) is 36.6. The van der Waals surface area contributed by atoms with Crippen LogP contribution in [0.1, 0.15) is 64.2 Å². The van der Waals surface area contributed by atoms with Gasteiger partial charge in [0, 0.05) is 35.7 Å². The highest BCUT2D eigenvalue weighted by Gasteiger charge is 2.57. The van der Waals surface area contributed by atoms with E-state index in [4.69, 9.17) is 9.57 Å². The molecule has 3 saturated carbocycles. The number of rotatable bonds is 14. The number of hydrogen-bond acceptors (Lipinski definition) is 8. The van der Waals surface area contributed by atoms with Crippen LogP contribution in [0.5, 0.6) is 5.75 Å². The molecule has 4 fully saturated rings. The number of likely N-dealkylation sites (N-methyl/N-ethyl adjacent to an activating group) is 1. The lowest BCUT2D eigenvalue weighted by Gasteiger charge is -2.62. The number of nitrogens with zero attached hydrogens (tertiary/aromatic N) is 2. The van der Waals surface area contributed by atoms with Crippen LogP contribution in [0.2, 0.25) is 0 Å². The maximum atomic E-state index is 14.2. The Morgan fingerprint density at radius 2 is 1.81 bits per heavy atom. The third-order valence-electron chi connectivity index (χ3n) is 13.1. The quantitative estimate of drug-likeness (QED) is 0.217. The van der Waals surface area contributed by atoms with Crippen LogP contribution in [-0.4, -0.2) is 96.7 Å². The molecule has 0 aromatic heterocycles. The molecule has 1 aliphatic heterocycles. The highest BCUT2D eigenvalue weighted by molar-refractivity contribution is 5.88. The fraction of sp³-hybridized carbons (Fsp3) is 0.591. The first-order chi connectivity index (χ1) is 25.7. The van der Waals surface area contributed by atoms with Crippen molar-refractivity contribution in [3.63, 3.8) is 0 Å². The molecule has 2 amide bonds. The number of ether oxygens (including phenoxy) is 1. The Hall–Kier alpha value is -3.54. The number of aliphatic hydroxyl groups is 2. The molecule has 10 heteroatoms. The molecule has 2 unspecified atom stereocenters. The largest absolute Gasteiger partial charge is 0.496 e. The van der Waals surface area contributed by atoms with Gasteiger partial charge in [0.1, 0.15) is 17.9 Å². The van der Waals surface area contributed by atoms with Crippen molar-refractivity contribution in [3.8, 4) is 5.75 Å². The first kappa shape index (κ1) is 40.1. The second-order valence-corrected chi connectivity index (χ2v) is 17.3. The number of amides is 2. The van der Waals surface area contributed by atoms with E-state index in [0.717, 1.165) is 29.5 Å². The number of carbonyl (C=O) groups excluding carboxylic acids is 2. The monoisotopic (exact) mass is 742 g/mol. The van der Waals surface area contributed by atoms with Gasteiger partial charge in [0.15, 0.2) is 0 Å². The topological polar surface area (TPSA) is 124 Å². The molecular formula is C44H62N4O6. The summed E-state index contributed by atoms with van der Waals surface area (Å²) in [7, 11) is 5.66. The minimum absolute atomic E-state index is 0.00593. The Bertz CT molecular complexity index is 1690. The minimum Gasteiger partial charge on any atom is -0.496 e. The van der Waals surface area contributed by atoms with Crippen molar-refractivity contribution in [3.05, 3.63) is 83.4 Å². The highest BCUT2D eigenvalue weighted by atomic mass is 16.7. The summed E-state index contributed by atoms with van der Waals surface area (Å²) in [5.41, 5.74) is 3.95. The number of benzene rings is 2. The number of allylic oxidation sites excluding steroid dienone is 3. The van der Waals surface area contributed by atoms with E-state index < -0.39 is 24.2 Å². The Morgan fingerprint density at radius 1 is 1.07 bits per heavy atom. The molecule has 2 aromatic carbocycles. The molecule has 2 aromatic rings. The van der Waals surface area contributed by atoms with Gasteiger partial charge in [-0.1, -0.05) is 94.5 Å². The zero-order chi connectivity index (χ0) is 38.9. The molecule has 4 aliphatic carbocycles. The zero-order valence-corrected chi connectivity index (χ0v) is 33.4. The van der Waals surface area contributed by atoms with Gasteiger partial charge in [0.25, 0.3) is 0 Å². The summed E-state index contributed by atoms with van der Waals surface area (Å²) in [6, 6.07) is 15.3. The van der Waals surface area contributed by atoms with Crippen LogP contribution >= 0.6 is 0 Å². The number of nitrogens with one attached hydrogen (secondary N) is 2. The molecule has 54 heavy (non-hydrogen) atoms. The SMILES string of the molecule is COc1c(CN2O[C@@H](CO)[C@@H]([C@H](C)O)[C@H]2C(=O)N[C@H]2C[C@H]3C[C@@H]([C@@H]2C)C3(C)C)cccc1C1=CC(C(=O)N[C@@H](Cc2ccccc2)CN(C)C)C(C)C=C1. The van der Waals surface area contributed by atoms with Gasteiger partial charge in [-0.05, 0) is 80.5 Å². The molecule has 1 heterocycles. The molecule has 11 atom stereocenters. The van der Waals surface area contributed by atoms with Crippen LogP contribution in [0.3, 0.4) is 0 Å². The van der Waals surface area contributed by atoms with Gasteiger partial charge in [-0.15, -0.1) is 0 Å². The van der Waals surface area contributed by atoms with Crippen LogP contribution in [0.4, 0.5) is 0 Å². The number of carbonyl (C=O) groups is 2. The maximum Gasteiger partial charge on any atom is 0.240 e. The lowest BCUT2D eigenvalue weighted by Crippen LogP contribution is -2.62. The number of hydrogen-bond donors (Lipinski definition) is 4. The van der Waals surface area contributed by atoms with E-state index in [-0.39, 0.29) is 54.3 Å². The number of aliphatic hydroxyl groups excluding tert-OH is 2. The summed E-state index contributed by atoms with van der Waals surface area (Å²) in [5, 5.41) is 29.6. The van der Waals surface area contributed by atoms with E-state index in [1.807, 2.05) is 62.6 Å². The van der Waals surface area contributed by atoms with E-state index in [2.05, 4.69) is 61.4 Å². The van der Waals surface area contributed by atoms with E-state index in [1.165, 1.54) is 12.0 Å². The van der Waals surface area contributed by atoms with Gasteiger partial charge in [0.2, 0.25) is 11.8 Å². The number of hydroxylamine groups is 2. The molecule has 7 rings (SSSR count). The van der Waals surface area contributed by atoms with Gasteiger partial charge < -0.3 is 30.5 Å². The molecule has 2 bridgehead atoms. The Balaban J connectivity index is 1.23. The van der Waals surface area contributed by atoms with Gasteiger partial charge >= 0.3 is 0 Å². The predicted octanol–water partition coefficient (Wildman–Crippen LogP) is 4.85. The smallest absolute Gasteiger partial charge is 0.240 e. The molecule has 294 valence electrons. The van der Waals surface area contributed by atoms with Crippen LogP contribution in [0.15, 0.2) is 66.8 Å². The number of fused-ring (bicyclic) bond motifs is 2. The second kappa shape index (κ2) is 16.7. The van der Waals surface area contributed by atoms with Gasteiger partial charge in [0.05, 0.1) is 32.3 Å². The molecule has 10 nitrogen and oxygen atoms in total. The summed E-state index contributed by atoms with van der Waals surface area (Å²) in [6.45, 7) is 11.2. The average molecular weight is 743 g/mol.